The molecule has 1 N–H and O–H groups in total. The maximum absolute atomic E-state index is 12.3. The van der Waals surface area contributed by atoms with Crippen LogP contribution < -0.4 is 5.32 Å². The minimum absolute atomic E-state index is 0.130. The fourth-order valence-corrected chi connectivity index (χ4v) is 2.78. The molecule has 2 nitrogen and oxygen atoms in total. The van der Waals surface area contributed by atoms with Gasteiger partial charge in [0.05, 0.1) is 0 Å². The summed E-state index contributed by atoms with van der Waals surface area (Å²) in [6, 6.07) is 10.0. The highest BCUT2D eigenvalue weighted by atomic mass is 16.1. The molecule has 1 fully saturated rings. The van der Waals surface area contributed by atoms with Crippen LogP contribution in [0.15, 0.2) is 35.9 Å². The van der Waals surface area contributed by atoms with Gasteiger partial charge in [0.25, 0.3) is 0 Å². The van der Waals surface area contributed by atoms with Gasteiger partial charge >= 0.3 is 0 Å². The Kier molecular flexibility index (Phi) is 3.16. The molecular weight excluding hydrogens is 222 g/mol. The second-order valence-electron chi connectivity index (χ2n) is 6.20. The van der Waals surface area contributed by atoms with Crippen LogP contribution in [0.25, 0.3) is 6.08 Å². The van der Waals surface area contributed by atoms with Crippen LogP contribution in [0.3, 0.4) is 0 Å². The quantitative estimate of drug-likeness (QED) is 0.767. The molecule has 0 aromatic heterocycles. The van der Waals surface area contributed by atoms with Crippen molar-refractivity contribution >= 4 is 11.9 Å². The highest BCUT2D eigenvalue weighted by molar-refractivity contribution is 6.03. The number of ketones is 1. The van der Waals surface area contributed by atoms with E-state index in [-0.39, 0.29) is 16.9 Å². The van der Waals surface area contributed by atoms with Crippen LogP contribution in [0.4, 0.5) is 0 Å². The first-order chi connectivity index (χ1) is 8.30. The normalized spacial score (nSPS) is 24.2. The molecule has 0 aliphatic carbocycles. The lowest BCUT2D eigenvalue weighted by Crippen LogP contribution is -2.59. The summed E-state index contributed by atoms with van der Waals surface area (Å²) in [5, 5.41) is 3.54. The van der Waals surface area contributed by atoms with Crippen LogP contribution in [0.1, 0.15) is 39.7 Å². The van der Waals surface area contributed by atoms with Gasteiger partial charge in [0.2, 0.25) is 0 Å². The summed E-state index contributed by atoms with van der Waals surface area (Å²) in [6.45, 7) is 8.29. The van der Waals surface area contributed by atoms with Crippen molar-refractivity contribution in [2.75, 3.05) is 0 Å². The largest absolute Gasteiger partial charge is 0.302 e. The number of nitrogens with one attached hydrogen (secondary N) is 1. The van der Waals surface area contributed by atoms with Crippen molar-refractivity contribution < 1.29 is 4.79 Å². The number of rotatable bonds is 1. The molecule has 0 radical (unpaired) electrons. The molecule has 0 spiro atoms. The second-order valence-corrected chi connectivity index (χ2v) is 6.20. The molecule has 1 aliphatic rings. The summed E-state index contributed by atoms with van der Waals surface area (Å²) >= 11 is 0. The Bertz CT molecular complexity index is 483. The molecule has 0 bridgehead atoms. The minimum atomic E-state index is -0.283. The highest BCUT2D eigenvalue weighted by Crippen LogP contribution is 2.31. The Hall–Kier alpha value is -1.41. The molecule has 1 aliphatic heterocycles. The molecule has 1 heterocycles. The number of hydrogen-bond donors (Lipinski definition) is 1. The summed E-state index contributed by atoms with van der Waals surface area (Å²) in [5.41, 5.74) is 1.53. The van der Waals surface area contributed by atoms with Crippen LogP contribution in [-0.2, 0) is 4.79 Å². The van der Waals surface area contributed by atoms with Crippen molar-refractivity contribution in [3.05, 3.63) is 41.5 Å². The van der Waals surface area contributed by atoms with E-state index in [2.05, 4.69) is 33.0 Å². The maximum Gasteiger partial charge on any atom is 0.162 e. The molecule has 1 aromatic rings. The van der Waals surface area contributed by atoms with Crippen LogP contribution in [0, 0.1) is 0 Å². The summed E-state index contributed by atoms with van der Waals surface area (Å²) in [5.74, 6) is 0.243. The van der Waals surface area contributed by atoms with E-state index in [1.54, 1.807) is 0 Å². The predicted molar refractivity (Wildman–Crippen MR) is 75.3 cm³/mol. The lowest BCUT2D eigenvalue weighted by atomic mass is 9.77. The number of piperidine rings is 1. The maximum atomic E-state index is 12.3. The van der Waals surface area contributed by atoms with E-state index in [4.69, 9.17) is 0 Å². The van der Waals surface area contributed by atoms with E-state index in [9.17, 15) is 4.79 Å². The molecule has 2 rings (SSSR count). The zero-order chi connectivity index (χ0) is 13.4. The Balaban J connectivity index is 2.39. The summed E-state index contributed by atoms with van der Waals surface area (Å²) in [4.78, 5) is 12.3. The van der Waals surface area contributed by atoms with E-state index >= 15 is 0 Å². The van der Waals surface area contributed by atoms with E-state index in [0.29, 0.717) is 6.42 Å². The standard InChI is InChI=1S/C16H21NO/c1-15(2)11-14(18)13(16(3,4)17-15)10-12-8-6-5-7-9-12/h5-10,17H,11H2,1-4H3/b13-10+. The first-order valence-electron chi connectivity index (χ1n) is 6.40. The van der Waals surface area contributed by atoms with Gasteiger partial charge in [-0.05, 0) is 39.3 Å². The van der Waals surface area contributed by atoms with Crippen molar-refractivity contribution in [1.29, 1.82) is 0 Å². The van der Waals surface area contributed by atoms with Crippen molar-refractivity contribution in [1.82, 2.24) is 5.32 Å². The Morgan fingerprint density at radius 1 is 1.11 bits per heavy atom. The topological polar surface area (TPSA) is 29.1 Å². The van der Waals surface area contributed by atoms with Gasteiger partial charge in [-0.25, -0.2) is 0 Å². The molecule has 96 valence electrons. The van der Waals surface area contributed by atoms with Gasteiger partial charge in [0, 0.05) is 23.1 Å². The average Bonchev–Trinajstić information content (AvgIpc) is 2.23. The summed E-state index contributed by atoms with van der Waals surface area (Å²) < 4.78 is 0. The van der Waals surface area contributed by atoms with E-state index in [1.807, 2.05) is 36.4 Å². The molecule has 0 amide bonds. The Morgan fingerprint density at radius 2 is 1.72 bits per heavy atom. The van der Waals surface area contributed by atoms with Crippen LogP contribution >= 0.6 is 0 Å². The average molecular weight is 243 g/mol. The molecular formula is C16H21NO. The predicted octanol–water partition coefficient (Wildman–Crippen LogP) is 3.19. The zero-order valence-electron chi connectivity index (χ0n) is 11.6. The van der Waals surface area contributed by atoms with Gasteiger partial charge in [-0.15, -0.1) is 0 Å². The second kappa shape index (κ2) is 4.36. The first-order valence-corrected chi connectivity index (χ1v) is 6.40. The van der Waals surface area contributed by atoms with Crippen LogP contribution in [0.2, 0.25) is 0 Å². The first kappa shape index (κ1) is 13.0. The van der Waals surface area contributed by atoms with Crippen molar-refractivity contribution in [3.8, 4) is 0 Å². The third kappa shape index (κ3) is 2.70. The molecule has 1 aromatic carbocycles. The highest BCUT2D eigenvalue weighted by Gasteiger charge is 2.40. The molecule has 2 heteroatoms. The molecule has 0 saturated carbocycles. The van der Waals surface area contributed by atoms with Gasteiger partial charge in [0.15, 0.2) is 5.78 Å². The molecule has 0 atom stereocenters. The van der Waals surface area contributed by atoms with Gasteiger partial charge in [0.1, 0.15) is 0 Å². The molecule has 18 heavy (non-hydrogen) atoms. The zero-order valence-corrected chi connectivity index (χ0v) is 11.6. The van der Waals surface area contributed by atoms with Crippen molar-refractivity contribution in [3.63, 3.8) is 0 Å². The van der Waals surface area contributed by atoms with Crippen LogP contribution in [-0.4, -0.2) is 16.9 Å². The third-order valence-corrected chi connectivity index (χ3v) is 3.34. The lowest BCUT2D eigenvalue weighted by Gasteiger charge is -2.43. The smallest absolute Gasteiger partial charge is 0.162 e. The minimum Gasteiger partial charge on any atom is -0.302 e. The number of carbonyl (C=O) groups excluding carboxylic acids is 1. The molecule has 1 saturated heterocycles. The summed E-state index contributed by atoms with van der Waals surface area (Å²) in [6.07, 6.45) is 2.56. The third-order valence-electron chi connectivity index (χ3n) is 3.34. The van der Waals surface area contributed by atoms with E-state index < -0.39 is 0 Å². The van der Waals surface area contributed by atoms with E-state index in [1.165, 1.54) is 0 Å². The number of benzene rings is 1. The van der Waals surface area contributed by atoms with Gasteiger partial charge in [-0.1, -0.05) is 30.3 Å². The monoisotopic (exact) mass is 243 g/mol. The fraction of sp³-hybridized carbons (Fsp3) is 0.438. The fourth-order valence-electron chi connectivity index (χ4n) is 2.78. The number of hydrogen-bond acceptors (Lipinski definition) is 2. The van der Waals surface area contributed by atoms with Crippen LogP contribution in [0.5, 0.6) is 0 Å². The number of carbonyl (C=O) groups is 1. The van der Waals surface area contributed by atoms with Gasteiger partial charge in [-0.2, -0.15) is 0 Å². The lowest BCUT2D eigenvalue weighted by molar-refractivity contribution is -0.119. The number of Topliss-reactive ketones (excluding diaryl/α,β-unsaturated/α-hetero) is 1. The van der Waals surface area contributed by atoms with Gasteiger partial charge < -0.3 is 5.32 Å². The van der Waals surface area contributed by atoms with Crippen molar-refractivity contribution in [2.45, 2.75) is 45.2 Å². The summed E-state index contributed by atoms with van der Waals surface area (Å²) in [7, 11) is 0. The SMILES string of the molecule is CC1(C)CC(=O)/C(=C\c2ccccc2)C(C)(C)N1. The Morgan fingerprint density at radius 3 is 2.28 bits per heavy atom. The van der Waals surface area contributed by atoms with Gasteiger partial charge in [-0.3, -0.25) is 4.79 Å². The van der Waals surface area contributed by atoms with E-state index in [0.717, 1.165) is 11.1 Å². The Labute approximate surface area is 109 Å². The molecule has 0 unspecified atom stereocenters. The van der Waals surface area contributed by atoms with Crippen molar-refractivity contribution in [2.24, 2.45) is 0 Å².